The van der Waals surface area contributed by atoms with Gasteiger partial charge < -0.3 is 0 Å². The highest BCUT2D eigenvalue weighted by Crippen LogP contribution is 2.39. The molecule has 1 aromatic rings. The largest absolute Gasteiger partial charge is 0.523 e. The third-order valence-corrected chi connectivity index (χ3v) is 4.57. The maximum Gasteiger partial charge on any atom is 0.523 e. The van der Waals surface area contributed by atoms with Gasteiger partial charge in [0.15, 0.2) is 0 Å². The molecule has 0 N–H and O–H groups in total. The fourth-order valence-corrected chi connectivity index (χ4v) is 3.34. The second-order valence-corrected chi connectivity index (χ2v) is 6.24. The van der Waals surface area contributed by atoms with Gasteiger partial charge in [0.05, 0.1) is 0 Å². The van der Waals surface area contributed by atoms with E-state index in [0.717, 1.165) is 11.3 Å². The minimum Gasteiger partial charge on any atom is -0.255 e. The van der Waals surface area contributed by atoms with Gasteiger partial charge in [-0.2, -0.15) is 21.6 Å². The van der Waals surface area contributed by atoms with Gasteiger partial charge in [0.1, 0.15) is 6.10 Å². The van der Waals surface area contributed by atoms with E-state index in [2.05, 4.69) is 4.18 Å². The first-order valence-corrected chi connectivity index (χ1v) is 7.16. The molecule has 0 fully saturated rings. The van der Waals surface area contributed by atoms with E-state index in [1.807, 2.05) is 0 Å². The first kappa shape index (κ1) is 12.8. The predicted octanol–water partition coefficient (Wildman–Crippen LogP) is 2.99. The Balaban J connectivity index is 2.23. The summed E-state index contributed by atoms with van der Waals surface area (Å²) < 4.78 is 62.6. The predicted molar refractivity (Wildman–Crippen MR) is 56.1 cm³/mol. The lowest BCUT2D eigenvalue weighted by Gasteiger charge is -2.22. The van der Waals surface area contributed by atoms with Crippen LogP contribution >= 0.6 is 11.3 Å². The summed E-state index contributed by atoms with van der Waals surface area (Å²) in [5, 5.41) is 1.73. The molecule has 1 atom stereocenters. The van der Waals surface area contributed by atoms with E-state index in [0.29, 0.717) is 18.4 Å². The van der Waals surface area contributed by atoms with Crippen molar-refractivity contribution >= 4 is 21.5 Å². The van der Waals surface area contributed by atoms with Crippen LogP contribution in [0.3, 0.4) is 0 Å². The molecule has 0 aliphatic heterocycles. The molecule has 17 heavy (non-hydrogen) atoms. The summed E-state index contributed by atoms with van der Waals surface area (Å²) in [6.45, 7) is 0. The summed E-state index contributed by atoms with van der Waals surface area (Å²) in [5.74, 6) is 0. The Bertz CT molecular complexity index is 504. The van der Waals surface area contributed by atoms with Gasteiger partial charge in [-0.1, -0.05) is 0 Å². The van der Waals surface area contributed by atoms with Crippen LogP contribution in [-0.2, 0) is 20.7 Å². The van der Waals surface area contributed by atoms with Crippen molar-refractivity contribution in [2.45, 2.75) is 30.9 Å². The van der Waals surface area contributed by atoms with Gasteiger partial charge in [0.2, 0.25) is 0 Å². The van der Waals surface area contributed by atoms with Crippen molar-refractivity contribution in [2.75, 3.05) is 0 Å². The normalized spacial score (nSPS) is 21.2. The summed E-state index contributed by atoms with van der Waals surface area (Å²) in [5.41, 5.74) is -4.80. The van der Waals surface area contributed by atoms with Crippen LogP contribution < -0.4 is 0 Å². The smallest absolute Gasteiger partial charge is 0.255 e. The van der Waals surface area contributed by atoms with Gasteiger partial charge in [-0.3, -0.25) is 4.18 Å². The molecule has 1 unspecified atom stereocenters. The van der Waals surface area contributed by atoms with E-state index < -0.39 is 21.7 Å². The van der Waals surface area contributed by atoms with Crippen LogP contribution in [0.25, 0.3) is 0 Å². The summed E-state index contributed by atoms with van der Waals surface area (Å²) in [7, 11) is -5.51. The third kappa shape index (κ3) is 2.48. The minimum atomic E-state index is -5.51. The Morgan fingerprint density at radius 2 is 2.12 bits per heavy atom. The van der Waals surface area contributed by atoms with E-state index in [9.17, 15) is 21.6 Å². The zero-order valence-corrected chi connectivity index (χ0v) is 10.2. The molecule has 2 rings (SSSR count). The summed E-state index contributed by atoms with van der Waals surface area (Å²) >= 11 is 1.41. The average Bonchev–Trinajstić information content (AvgIpc) is 2.64. The molecular formula is C9H9F3O3S2. The Morgan fingerprint density at radius 1 is 1.41 bits per heavy atom. The summed E-state index contributed by atoms with van der Waals surface area (Å²) in [6.07, 6.45) is 0.681. The second-order valence-electron chi connectivity index (χ2n) is 3.68. The number of hydrogen-bond acceptors (Lipinski definition) is 4. The van der Waals surface area contributed by atoms with Crippen molar-refractivity contribution in [3.63, 3.8) is 0 Å². The molecule has 0 amide bonds. The van der Waals surface area contributed by atoms with Gasteiger partial charge in [-0.25, -0.2) is 0 Å². The first-order valence-electron chi connectivity index (χ1n) is 4.87. The maximum atomic E-state index is 12.2. The number of rotatable bonds is 2. The van der Waals surface area contributed by atoms with Crippen molar-refractivity contribution in [2.24, 2.45) is 0 Å². The van der Waals surface area contributed by atoms with Crippen LogP contribution in [0.1, 0.15) is 29.4 Å². The zero-order valence-electron chi connectivity index (χ0n) is 8.53. The monoisotopic (exact) mass is 286 g/mol. The summed E-state index contributed by atoms with van der Waals surface area (Å²) in [4.78, 5) is 0.902. The molecule has 0 bridgehead atoms. The van der Waals surface area contributed by atoms with Crippen molar-refractivity contribution in [1.29, 1.82) is 0 Å². The lowest BCUT2D eigenvalue weighted by Crippen LogP contribution is -2.28. The van der Waals surface area contributed by atoms with Crippen molar-refractivity contribution in [3.05, 3.63) is 21.9 Å². The van der Waals surface area contributed by atoms with E-state index in [-0.39, 0.29) is 0 Å². The van der Waals surface area contributed by atoms with Crippen LogP contribution in [-0.4, -0.2) is 13.9 Å². The van der Waals surface area contributed by atoms with E-state index in [4.69, 9.17) is 0 Å². The van der Waals surface area contributed by atoms with Crippen LogP contribution in [0, 0.1) is 0 Å². The molecule has 0 saturated heterocycles. The number of aryl methyl sites for hydroxylation is 1. The molecule has 1 aliphatic rings. The Labute approximate surface area is 100 Å². The molecule has 0 saturated carbocycles. The highest BCUT2D eigenvalue weighted by molar-refractivity contribution is 7.87. The molecule has 3 nitrogen and oxygen atoms in total. The first-order chi connectivity index (χ1) is 7.81. The lowest BCUT2D eigenvalue weighted by atomic mass is 9.97. The van der Waals surface area contributed by atoms with Gasteiger partial charge in [0, 0.05) is 4.88 Å². The Kier molecular flexibility index (Phi) is 3.21. The molecule has 0 spiro atoms. The molecule has 96 valence electrons. The maximum absolute atomic E-state index is 12.2. The van der Waals surface area contributed by atoms with Crippen LogP contribution in [0.15, 0.2) is 11.4 Å². The second kappa shape index (κ2) is 4.25. The quantitative estimate of drug-likeness (QED) is 0.620. The number of alkyl halides is 3. The van der Waals surface area contributed by atoms with Crippen molar-refractivity contribution in [3.8, 4) is 0 Å². The number of fused-ring (bicyclic) bond motifs is 1. The number of hydrogen-bond donors (Lipinski definition) is 0. The number of thiophene rings is 1. The Morgan fingerprint density at radius 3 is 2.76 bits per heavy atom. The van der Waals surface area contributed by atoms with Gasteiger partial charge >= 0.3 is 15.6 Å². The highest BCUT2D eigenvalue weighted by Gasteiger charge is 2.49. The molecule has 1 heterocycles. The summed E-state index contributed by atoms with van der Waals surface area (Å²) in [6, 6.07) is 1.62. The molecular weight excluding hydrogens is 277 g/mol. The van der Waals surface area contributed by atoms with Gasteiger partial charge in [-0.05, 0) is 36.3 Å². The third-order valence-electron chi connectivity index (χ3n) is 2.52. The van der Waals surface area contributed by atoms with Crippen molar-refractivity contribution in [1.82, 2.24) is 0 Å². The fraction of sp³-hybridized carbons (Fsp3) is 0.556. The van der Waals surface area contributed by atoms with Crippen LogP contribution in [0.2, 0.25) is 0 Å². The van der Waals surface area contributed by atoms with E-state index in [1.165, 1.54) is 11.3 Å². The standard InChI is InChI=1S/C9H9F3O3S2/c10-9(11,12)17(13,14)15-7-2-1-3-8-6(7)4-5-16-8/h4-5,7H,1-3H2. The van der Waals surface area contributed by atoms with Gasteiger partial charge in [0.25, 0.3) is 0 Å². The minimum absolute atomic E-state index is 0.291. The van der Waals surface area contributed by atoms with Crippen LogP contribution in [0.5, 0.6) is 0 Å². The number of halogens is 3. The SMILES string of the molecule is O=S(=O)(OC1CCCc2sccc21)C(F)(F)F. The Hall–Kier alpha value is -0.600. The average molecular weight is 286 g/mol. The van der Waals surface area contributed by atoms with E-state index in [1.54, 1.807) is 11.4 Å². The van der Waals surface area contributed by atoms with Crippen LogP contribution in [0.4, 0.5) is 13.2 Å². The molecule has 1 aromatic heterocycles. The van der Waals surface area contributed by atoms with E-state index >= 15 is 0 Å². The molecule has 8 heteroatoms. The highest BCUT2D eigenvalue weighted by atomic mass is 32.2. The molecule has 0 radical (unpaired) electrons. The zero-order chi connectivity index (χ0) is 12.7. The molecule has 1 aliphatic carbocycles. The van der Waals surface area contributed by atoms with Crippen molar-refractivity contribution < 1.29 is 25.8 Å². The van der Waals surface area contributed by atoms with Gasteiger partial charge in [-0.15, -0.1) is 11.3 Å². The fourth-order valence-electron chi connectivity index (χ4n) is 1.75. The topological polar surface area (TPSA) is 43.4 Å². The lowest BCUT2D eigenvalue weighted by molar-refractivity contribution is -0.0580. The molecule has 0 aromatic carbocycles.